The summed E-state index contributed by atoms with van der Waals surface area (Å²) in [6.45, 7) is 0.991. The lowest BCUT2D eigenvalue weighted by Crippen LogP contribution is -2.44. The van der Waals surface area contributed by atoms with Gasteiger partial charge in [0.05, 0.1) is 17.5 Å². The smallest absolute Gasteiger partial charge is 0.145 e. The minimum absolute atomic E-state index is 0.0620. The maximum Gasteiger partial charge on any atom is 0.145 e. The van der Waals surface area contributed by atoms with Gasteiger partial charge in [-0.3, -0.25) is 0 Å². The topological polar surface area (TPSA) is 109 Å². The highest BCUT2D eigenvalue weighted by molar-refractivity contribution is 5.86. The van der Waals surface area contributed by atoms with Crippen molar-refractivity contribution in [1.29, 1.82) is 0 Å². The molecule has 0 aromatic carbocycles. The van der Waals surface area contributed by atoms with Crippen LogP contribution in [-0.2, 0) is 0 Å². The molecule has 7 heteroatoms. The van der Waals surface area contributed by atoms with E-state index < -0.39 is 12.2 Å². The predicted octanol–water partition coefficient (Wildman–Crippen LogP) is 0.438. The van der Waals surface area contributed by atoms with Crippen LogP contribution in [0.5, 0.6) is 0 Å². The second-order valence-corrected chi connectivity index (χ2v) is 6.72. The van der Waals surface area contributed by atoms with Gasteiger partial charge in [0, 0.05) is 18.2 Å². The number of aliphatic hydroxyl groups excluding tert-OH is 2. The van der Waals surface area contributed by atoms with Crippen LogP contribution in [0.1, 0.15) is 31.7 Å². The van der Waals surface area contributed by atoms with Crippen LogP contribution in [0.2, 0.25) is 0 Å². The van der Waals surface area contributed by atoms with Crippen LogP contribution in [0.25, 0.3) is 11.0 Å². The van der Waals surface area contributed by atoms with Gasteiger partial charge in [-0.25, -0.2) is 9.97 Å². The summed E-state index contributed by atoms with van der Waals surface area (Å²) in [5.41, 5.74) is 6.60. The fraction of sp³-hybridized carbons (Fsp3) is 0.625. The molecule has 5 N–H and O–H groups in total. The van der Waals surface area contributed by atoms with Crippen molar-refractivity contribution in [1.82, 2.24) is 19.9 Å². The molecule has 4 rings (SSSR count). The molecule has 0 amide bonds. The number of anilines is 1. The lowest BCUT2D eigenvalue weighted by molar-refractivity contribution is -0.00195. The number of piperidine rings is 1. The molecule has 1 saturated carbocycles. The number of aromatic nitrogens is 3. The standard InChI is InChI=1S/C16H23N5O2/c17-15-9-4-6-21(16(9)20-8-19-15)12-7-10(13(22)14(12)23)11-3-1-2-5-18-11/h4,6,8,10-14,18,22-23H,1-3,5,7H2,(H2,17,19,20)/t10-,11-,12-,13-,14+/m1/s1. The molecule has 2 aliphatic rings. The fourth-order valence-electron chi connectivity index (χ4n) is 4.22. The van der Waals surface area contributed by atoms with Crippen molar-refractivity contribution < 1.29 is 10.2 Å². The minimum atomic E-state index is -0.796. The molecule has 0 bridgehead atoms. The highest BCUT2D eigenvalue weighted by Crippen LogP contribution is 2.40. The monoisotopic (exact) mass is 317 g/mol. The molecule has 0 spiro atoms. The molecule has 5 atom stereocenters. The third kappa shape index (κ3) is 2.39. The number of nitrogens with one attached hydrogen (secondary N) is 1. The lowest BCUT2D eigenvalue weighted by Gasteiger charge is -2.30. The van der Waals surface area contributed by atoms with E-state index in [0.717, 1.165) is 24.8 Å². The Kier molecular flexibility index (Phi) is 3.71. The molecular formula is C16H23N5O2. The van der Waals surface area contributed by atoms with Gasteiger partial charge >= 0.3 is 0 Å². The van der Waals surface area contributed by atoms with E-state index in [4.69, 9.17) is 5.73 Å². The van der Waals surface area contributed by atoms with E-state index in [-0.39, 0.29) is 18.0 Å². The van der Waals surface area contributed by atoms with E-state index in [1.807, 2.05) is 16.8 Å². The van der Waals surface area contributed by atoms with Crippen molar-refractivity contribution >= 4 is 16.9 Å². The Morgan fingerprint density at radius 3 is 2.87 bits per heavy atom. The van der Waals surface area contributed by atoms with Gasteiger partial charge < -0.3 is 25.8 Å². The van der Waals surface area contributed by atoms with Crippen LogP contribution in [0.4, 0.5) is 5.82 Å². The van der Waals surface area contributed by atoms with Gasteiger partial charge in [-0.05, 0) is 31.9 Å². The van der Waals surface area contributed by atoms with E-state index in [1.165, 1.54) is 19.2 Å². The second kappa shape index (κ2) is 5.74. The molecule has 1 aliphatic carbocycles. The van der Waals surface area contributed by atoms with E-state index in [2.05, 4.69) is 15.3 Å². The summed E-state index contributed by atoms with van der Waals surface area (Å²) < 4.78 is 1.93. The van der Waals surface area contributed by atoms with E-state index in [9.17, 15) is 10.2 Å². The number of nitrogens with two attached hydrogens (primary N) is 1. The first kappa shape index (κ1) is 14.9. The van der Waals surface area contributed by atoms with Crippen molar-refractivity contribution in [2.45, 2.75) is 50.0 Å². The van der Waals surface area contributed by atoms with E-state index in [0.29, 0.717) is 11.5 Å². The molecule has 2 aromatic rings. The zero-order valence-corrected chi connectivity index (χ0v) is 13.0. The SMILES string of the molecule is Nc1ncnc2c1ccn2[C@@H]1C[C@H]([C@H]2CCCCN2)[C@@H](O)[C@H]1O. The molecule has 2 fully saturated rings. The van der Waals surface area contributed by atoms with Crippen molar-refractivity contribution in [3.05, 3.63) is 18.6 Å². The number of fused-ring (bicyclic) bond motifs is 1. The molecule has 0 unspecified atom stereocenters. The van der Waals surface area contributed by atoms with Crippen molar-refractivity contribution in [2.75, 3.05) is 12.3 Å². The van der Waals surface area contributed by atoms with Gasteiger partial charge in [0.15, 0.2) is 0 Å². The Balaban J connectivity index is 1.64. The Morgan fingerprint density at radius 1 is 1.22 bits per heavy atom. The zero-order valence-electron chi connectivity index (χ0n) is 13.0. The van der Waals surface area contributed by atoms with Gasteiger partial charge in [0.1, 0.15) is 23.9 Å². The van der Waals surface area contributed by atoms with E-state index >= 15 is 0 Å². The summed E-state index contributed by atoms with van der Waals surface area (Å²) >= 11 is 0. The van der Waals surface area contributed by atoms with Crippen LogP contribution in [-0.4, -0.2) is 49.5 Å². The van der Waals surface area contributed by atoms with Gasteiger partial charge in [0.2, 0.25) is 0 Å². The number of hydrogen-bond donors (Lipinski definition) is 4. The maximum atomic E-state index is 10.6. The quantitative estimate of drug-likeness (QED) is 0.640. The van der Waals surface area contributed by atoms with Crippen molar-refractivity contribution in [3.63, 3.8) is 0 Å². The Labute approximate surface area is 134 Å². The fourth-order valence-corrected chi connectivity index (χ4v) is 4.22. The molecule has 3 heterocycles. The largest absolute Gasteiger partial charge is 0.390 e. The van der Waals surface area contributed by atoms with Gasteiger partial charge in [0.25, 0.3) is 0 Å². The lowest BCUT2D eigenvalue weighted by atomic mass is 9.89. The third-order valence-corrected chi connectivity index (χ3v) is 5.46. The Morgan fingerprint density at radius 2 is 2.09 bits per heavy atom. The van der Waals surface area contributed by atoms with Crippen molar-refractivity contribution in [2.24, 2.45) is 5.92 Å². The molecule has 1 aliphatic heterocycles. The van der Waals surface area contributed by atoms with Crippen LogP contribution in [0, 0.1) is 5.92 Å². The summed E-state index contributed by atoms with van der Waals surface area (Å²) in [5, 5.41) is 25.4. The molecule has 0 radical (unpaired) electrons. The highest BCUT2D eigenvalue weighted by atomic mass is 16.3. The van der Waals surface area contributed by atoms with Gasteiger partial charge in [-0.15, -0.1) is 0 Å². The molecule has 7 nitrogen and oxygen atoms in total. The van der Waals surface area contributed by atoms with Crippen LogP contribution in [0.15, 0.2) is 18.6 Å². The Hall–Kier alpha value is -1.70. The third-order valence-electron chi connectivity index (χ3n) is 5.46. The number of rotatable bonds is 2. The highest BCUT2D eigenvalue weighted by Gasteiger charge is 2.46. The normalized spacial score (nSPS) is 35.0. The number of nitrogens with zero attached hydrogens (tertiary/aromatic N) is 3. The molecule has 124 valence electrons. The molecule has 1 saturated heterocycles. The maximum absolute atomic E-state index is 10.6. The summed E-state index contributed by atoms with van der Waals surface area (Å²) in [5.74, 6) is 0.499. The summed E-state index contributed by atoms with van der Waals surface area (Å²) in [7, 11) is 0. The first-order valence-corrected chi connectivity index (χ1v) is 8.33. The number of aliphatic hydroxyl groups is 2. The summed E-state index contributed by atoms with van der Waals surface area (Å²) in [4.78, 5) is 8.31. The predicted molar refractivity (Wildman–Crippen MR) is 86.7 cm³/mol. The van der Waals surface area contributed by atoms with Crippen molar-refractivity contribution in [3.8, 4) is 0 Å². The summed E-state index contributed by atoms with van der Waals surface area (Å²) in [6, 6.07) is 1.96. The van der Waals surface area contributed by atoms with Gasteiger partial charge in [-0.2, -0.15) is 0 Å². The Bertz CT molecular complexity index is 697. The van der Waals surface area contributed by atoms with E-state index in [1.54, 1.807) is 0 Å². The first-order chi connectivity index (χ1) is 11.2. The first-order valence-electron chi connectivity index (χ1n) is 8.33. The molecule has 23 heavy (non-hydrogen) atoms. The average molecular weight is 317 g/mol. The van der Waals surface area contributed by atoms with Crippen LogP contribution < -0.4 is 11.1 Å². The van der Waals surface area contributed by atoms with Gasteiger partial charge in [-0.1, -0.05) is 6.42 Å². The van der Waals surface area contributed by atoms with Crippen LogP contribution >= 0.6 is 0 Å². The average Bonchev–Trinajstić information content (AvgIpc) is 3.12. The number of nitrogen functional groups attached to an aromatic ring is 1. The van der Waals surface area contributed by atoms with Crippen LogP contribution in [0.3, 0.4) is 0 Å². The zero-order chi connectivity index (χ0) is 16.0. The second-order valence-electron chi connectivity index (χ2n) is 6.72. The molecular weight excluding hydrogens is 294 g/mol. The number of hydrogen-bond acceptors (Lipinski definition) is 6. The minimum Gasteiger partial charge on any atom is -0.390 e. The molecule has 2 aromatic heterocycles. The summed E-state index contributed by atoms with van der Waals surface area (Å²) in [6.07, 6.45) is 5.96.